The standard InChI is InChI=1S/C22H26ClN7O2S/c1-3-28-10-12-29(13-11-28)20-9-4-16(23)14-19(20)24-21(31)15-33-22-25-26-27-30(22)17-5-7-18(32-2)8-6-17/h4-9,14H,3,10-13,15H2,1-2H3,(H,24,31). The van der Waals surface area contributed by atoms with Gasteiger partial charge in [0.15, 0.2) is 0 Å². The minimum atomic E-state index is -0.153. The van der Waals surface area contributed by atoms with Crippen LogP contribution in [-0.2, 0) is 4.79 Å². The number of likely N-dealkylation sites (N-methyl/N-ethyl adjacent to an activating group) is 1. The number of hydrogen-bond acceptors (Lipinski definition) is 8. The number of ether oxygens (including phenoxy) is 1. The van der Waals surface area contributed by atoms with E-state index in [0.717, 1.165) is 49.8 Å². The number of rotatable bonds is 8. The van der Waals surface area contributed by atoms with Crippen LogP contribution in [0.1, 0.15) is 6.92 Å². The molecule has 174 valence electrons. The first-order chi connectivity index (χ1) is 16.1. The van der Waals surface area contributed by atoms with E-state index in [0.29, 0.717) is 15.9 Å². The van der Waals surface area contributed by atoms with Crippen LogP contribution in [0.25, 0.3) is 5.69 Å². The number of amides is 1. The highest BCUT2D eigenvalue weighted by Crippen LogP contribution is 2.30. The minimum Gasteiger partial charge on any atom is -0.497 e. The average molecular weight is 488 g/mol. The largest absolute Gasteiger partial charge is 0.497 e. The predicted octanol–water partition coefficient (Wildman–Crippen LogP) is 3.20. The summed E-state index contributed by atoms with van der Waals surface area (Å²) < 4.78 is 6.78. The van der Waals surface area contributed by atoms with Crippen molar-refractivity contribution in [3.63, 3.8) is 0 Å². The molecule has 1 amide bonds. The van der Waals surface area contributed by atoms with E-state index < -0.39 is 0 Å². The van der Waals surface area contributed by atoms with Crippen molar-refractivity contribution in [2.75, 3.05) is 55.8 Å². The zero-order valence-electron chi connectivity index (χ0n) is 18.6. The summed E-state index contributed by atoms with van der Waals surface area (Å²) in [6, 6.07) is 13.0. The molecule has 2 aromatic carbocycles. The van der Waals surface area contributed by atoms with Crippen LogP contribution in [0.5, 0.6) is 5.75 Å². The number of tetrazole rings is 1. The molecule has 1 aliphatic heterocycles. The van der Waals surface area contributed by atoms with Gasteiger partial charge < -0.3 is 19.9 Å². The van der Waals surface area contributed by atoms with Gasteiger partial charge in [-0.15, -0.1) is 5.10 Å². The molecule has 4 rings (SSSR count). The zero-order chi connectivity index (χ0) is 23.2. The van der Waals surface area contributed by atoms with Gasteiger partial charge >= 0.3 is 0 Å². The van der Waals surface area contributed by atoms with Gasteiger partial charge in [0.1, 0.15) is 5.75 Å². The lowest BCUT2D eigenvalue weighted by molar-refractivity contribution is -0.113. The Morgan fingerprint density at radius 1 is 1.15 bits per heavy atom. The summed E-state index contributed by atoms with van der Waals surface area (Å²) in [5, 5.41) is 16.0. The van der Waals surface area contributed by atoms with E-state index in [1.54, 1.807) is 17.9 Å². The highest BCUT2D eigenvalue weighted by Gasteiger charge is 2.20. The first kappa shape index (κ1) is 23.3. The van der Waals surface area contributed by atoms with Gasteiger partial charge in [-0.05, 0) is 59.4 Å². The molecule has 0 atom stereocenters. The van der Waals surface area contributed by atoms with Gasteiger partial charge in [0.2, 0.25) is 11.1 Å². The molecule has 0 bridgehead atoms. The van der Waals surface area contributed by atoms with Gasteiger partial charge in [-0.25, -0.2) is 0 Å². The number of carbonyl (C=O) groups excluding carboxylic acids is 1. The van der Waals surface area contributed by atoms with Crippen LogP contribution in [0, 0.1) is 0 Å². The Hall–Kier alpha value is -2.82. The molecule has 1 aromatic heterocycles. The third-order valence-electron chi connectivity index (χ3n) is 5.48. The minimum absolute atomic E-state index is 0.153. The van der Waals surface area contributed by atoms with Gasteiger partial charge in [-0.2, -0.15) is 4.68 Å². The van der Waals surface area contributed by atoms with E-state index in [2.05, 4.69) is 37.6 Å². The van der Waals surface area contributed by atoms with E-state index in [9.17, 15) is 4.79 Å². The highest BCUT2D eigenvalue weighted by molar-refractivity contribution is 7.99. The summed E-state index contributed by atoms with van der Waals surface area (Å²) in [5.74, 6) is 0.750. The Balaban J connectivity index is 1.41. The number of thioether (sulfide) groups is 1. The highest BCUT2D eigenvalue weighted by atomic mass is 35.5. The van der Waals surface area contributed by atoms with E-state index >= 15 is 0 Å². The number of aromatic nitrogens is 4. The molecule has 1 aliphatic rings. The lowest BCUT2D eigenvalue weighted by atomic mass is 10.2. The monoisotopic (exact) mass is 487 g/mol. The third kappa shape index (κ3) is 5.76. The SMILES string of the molecule is CCN1CCN(c2ccc(Cl)cc2NC(=O)CSc2nnnn2-c2ccc(OC)cc2)CC1. The Morgan fingerprint density at radius 3 is 2.61 bits per heavy atom. The van der Waals surface area contributed by atoms with Crippen molar-refractivity contribution >= 4 is 40.6 Å². The quantitative estimate of drug-likeness (QED) is 0.484. The summed E-state index contributed by atoms with van der Waals surface area (Å²) in [6.07, 6.45) is 0. The van der Waals surface area contributed by atoms with E-state index in [-0.39, 0.29) is 11.7 Å². The number of carbonyl (C=O) groups is 1. The zero-order valence-corrected chi connectivity index (χ0v) is 20.1. The van der Waals surface area contributed by atoms with Crippen LogP contribution in [0.2, 0.25) is 5.02 Å². The van der Waals surface area contributed by atoms with Crippen LogP contribution in [0.3, 0.4) is 0 Å². The molecular formula is C22H26ClN7O2S. The molecule has 0 spiro atoms. The van der Waals surface area contributed by atoms with Gasteiger partial charge in [-0.1, -0.05) is 30.3 Å². The first-order valence-electron chi connectivity index (χ1n) is 10.7. The average Bonchev–Trinajstić information content (AvgIpc) is 3.32. The molecule has 2 heterocycles. The first-order valence-corrected chi connectivity index (χ1v) is 12.1. The fourth-order valence-corrected chi connectivity index (χ4v) is 4.52. The summed E-state index contributed by atoms with van der Waals surface area (Å²) in [5.41, 5.74) is 2.48. The Morgan fingerprint density at radius 2 is 1.91 bits per heavy atom. The topological polar surface area (TPSA) is 88.4 Å². The van der Waals surface area contributed by atoms with Crippen LogP contribution >= 0.6 is 23.4 Å². The maximum atomic E-state index is 12.8. The predicted molar refractivity (Wildman–Crippen MR) is 131 cm³/mol. The molecule has 11 heteroatoms. The molecule has 0 radical (unpaired) electrons. The van der Waals surface area contributed by atoms with Crippen molar-refractivity contribution in [3.05, 3.63) is 47.5 Å². The molecule has 0 aliphatic carbocycles. The molecule has 1 N–H and O–H groups in total. The fourth-order valence-electron chi connectivity index (χ4n) is 3.66. The van der Waals surface area contributed by atoms with Crippen LogP contribution in [-0.4, -0.2) is 76.6 Å². The molecule has 0 saturated carbocycles. The van der Waals surface area contributed by atoms with Crippen molar-refractivity contribution < 1.29 is 9.53 Å². The summed E-state index contributed by atoms with van der Waals surface area (Å²) in [4.78, 5) is 17.5. The normalized spacial score (nSPS) is 14.3. The molecular weight excluding hydrogens is 462 g/mol. The smallest absolute Gasteiger partial charge is 0.234 e. The van der Waals surface area contributed by atoms with Gasteiger partial charge in [-0.3, -0.25) is 4.79 Å². The lowest BCUT2D eigenvalue weighted by Crippen LogP contribution is -2.46. The summed E-state index contributed by atoms with van der Waals surface area (Å²) >= 11 is 7.50. The van der Waals surface area contributed by atoms with Crippen LogP contribution < -0.4 is 15.0 Å². The number of anilines is 2. The Labute approximate surface area is 202 Å². The number of halogens is 1. The lowest BCUT2D eigenvalue weighted by Gasteiger charge is -2.36. The summed E-state index contributed by atoms with van der Waals surface area (Å²) in [7, 11) is 1.61. The molecule has 1 saturated heterocycles. The van der Waals surface area contributed by atoms with Crippen molar-refractivity contribution in [1.82, 2.24) is 25.1 Å². The van der Waals surface area contributed by atoms with E-state index in [4.69, 9.17) is 16.3 Å². The van der Waals surface area contributed by atoms with Crippen molar-refractivity contribution in [1.29, 1.82) is 0 Å². The van der Waals surface area contributed by atoms with Crippen LogP contribution in [0.15, 0.2) is 47.6 Å². The molecule has 33 heavy (non-hydrogen) atoms. The van der Waals surface area contributed by atoms with Gasteiger partial charge in [0.05, 0.1) is 29.9 Å². The second kappa shape index (κ2) is 10.9. The molecule has 0 unspecified atom stereocenters. The maximum absolute atomic E-state index is 12.8. The van der Waals surface area contributed by atoms with Crippen molar-refractivity contribution in [3.8, 4) is 11.4 Å². The van der Waals surface area contributed by atoms with Crippen LogP contribution in [0.4, 0.5) is 11.4 Å². The number of nitrogens with one attached hydrogen (secondary N) is 1. The number of piperazine rings is 1. The van der Waals surface area contributed by atoms with E-state index in [1.807, 2.05) is 36.4 Å². The second-order valence-corrected chi connectivity index (χ2v) is 8.87. The number of nitrogens with zero attached hydrogens (tertiary/aromatic N) is 6. The second-order valence-electron chi connectivity index (χ2n) is 7.49. The molecule has 9 nitrogen and oxygen atoms in total. The van der Waals surface area contributed by atoms with Crippen molar-refractivity contribution in [2.45, 2.75) is 12.1 Å². The van der Waals surface area contributed by atoms with Gasteiger partial charge in [0, 0.05) is 31.2 Å². The van der Waals surface area contributed by atoms with Gasteiger partial charge in [0.25, 0.3) is 0 Å². The maximum Gasteiger partial charge on any atom is 0.234 e. The third-order valence-corrected chi connectivity index (χ3v) is 6.64. The van der Waals surface area contributed by atoms with Crippen molar-refractivity contribution in [2.24, 2.45) is 0 Å². The number of methoxy groups -OCH3 is 1. The fraction of sp³-hybridized carbons (Fsp3) is 0.364. The Bertz CT molecular complexity index is 1080. The van der Waals surface area contributed by atoms with E-state index in [1.165, 1.54) is 11.8 Å². The molecule has 3 aromatic rings. The Kier molecular flexibility index (Phi) is 7.69. The number of hydrogen-bond donors (Lipinski definition) is 1. The number of benzene rings is 2. The molecule has 1 fully saturated rings. The summed E-state index contributed by atoms with van der Waals surface area (Å²) in [6.45, 7) is 7.03.